The number of rotatable bonds is 4. The van der Waals surface area contributed by atoms with Crippen LogP contribution in [0, 0.1) is 17.5 Å². The molecule has 1 heterocycles. The molecule has 0 atom stereocenters. The van der Waals surface area contributed by atoms with Crippen molar-refractivity contribution in [3.8, 4) is 0 Å². The van der Waals surface area contributed by atoms with E-state index in [2.05, 4.69) is 15.6 Å². The number of amides is 1. The molecule has 0 saturated heterocycles. The van der Waals surface area contributed by atoms with Gasteiger partial charge in [-0.05, 0) is 0 Å². The molecule has 0 radical (unpaired) electrons. The lowest BCUT2D eigenvalue weighted by atomic mass is 10.2. The van der Waals surface area contributed by atoms with Crippen LogP contribution in [0.1, 0.15) is 10.5 Å². The Hall–Kier alpha value is -2.42. The fraction of sp³-hybridized carbons (Fsp3) is 0.182. The van der Waals surface area contributed by atoms with Crippen LogP contribution in [-0.2, 0) is 6.54 Å². The van der Waals surface area contributed by atoms with Gasteiger partial charge in [0.15, 0.2) is 23.1 Å². The number of carbonyl (C=O) groups excluding carboxylic acids is 1. The molecule has 9 heteroatoms. The summed E-state index contributed by atoms with van der Waals surface area (Å²) in [5.41, 5.74) is 5.03. The molecule has 1 aromatic heterocycles. The maximum absolute atomic E-state index is 13.0. The highest BCUT2D eigenvalue weighted by atomic mass is 19.2. The van der Waals surface area contributed by atoms with E-state index in [1.807, 2.05) is 0 Å². The molecule has 0 fully saturated rings. The minimum atomic E-state index is -1.60. The lowest BCUT2D eigenvalue weighted by Gasteiger charge is -2.04. The number of hydrogen-bond donors (Lipinski definition) is 2. The van der Waals surface area contributed by atoms with Gasteiger partial charge >= 0.3 is 0 Å². The Morgan fingerprint density at radius 3 is 2.55 bits per heavy atom. The van der Waals surface area contributed by atoms with Crippen LogP contribution < -0.4 is 11.1 Å². The van der Waals surface area contributed by atoms with Crippen molar-refractivity contribution in [2.45, 2.75) is 6.54 Å². The fourth-order valence-corrected chi connectivity index (χ4v) is 1.47. The molecule has 2 aromatic rings. The molecular formula is C11H10F3N5O. The minimum Gasteiger partial charge on any atom is -0.329 e. The maximum atomic E-state index is 13.0. The van der Waals surface area contributed by atoms with E-state index in [0.717, 1.165) is 0 Å². The van der Waals surface area contributed by atoms with Gasteiger partial charge in [-0.15, -0.1) is 5.10 Å². The van der Waals surface area contributed by atoms with Gasteiger partial charge in [0.25, 0.3) is 5.91 Å². The van der Waals surface area contributed by atoms with E-state index in [-0.39, 0.29) is 11.4 Å². The topological polar surface area (TPSA) is 85.8 Å². The summed E-state index contributed by atoms with van der Waals surface area (Å²) in [6.07, 6.45) is 1.33. The number of aromatic nitrogens is 3. The number of benzene rings is 1. The van der Waals surface area contributed by atoms with E-state index >= 15 is 0 Å². The molecule has 3 N–H and O–H groups in total. The Balaban J connectivity index is 2.14. The van der Waals surface area contributed by atoms with Crippen LogP contribution in [0.4, 0.5) is 18.9 Å². The average Bonchev–Trinajstić information content (AvgIpc) is 2.85. The van der Waals surface area contributed by atoms with Crippen LogP contribution >= 0.6 is 0 Å². The zero-order chi connectivity index (χ0) is 14.7. The lowest BCUT2D eigenvalue weighted by molar-refractivity contribution is 0.102. The number of nitrogens with one attached hydrogen (secondary N) is 1. The molecule has 106 valence electrons. The Labute approximate surface area is 111 Å². The van der Waals surface area contributed by atoms with Crippen LogP contribution in [0.5, 0.6) is 0 Å². The molecule has 0 aliphatic heterocycles. The van der Waals surface area contributed by atoms with E-state index in [0.29, 0.717) is 25.2 Å². The number of nitrogens with zero attached hydrogens (tertiary/aromatic N) is 3. The lowest BCUT2D eigenvalue weighted by Crippen LogP contribution is -2.13. The average molecular weight is 285 g/mol. The second-order valence-electron chi connectivity index (χ2n) is 3.86. The van der Waals surface area contributed by atoms with Gasteiger partial charge in [0.05, 0.1) is 12.7 Å². The van der Waals surface area contributed by atoms with Gasteiger partial charge < -0.3 is 11.1 Å². The summed E-state index contributed by atoms with van der Waals surface area (Å²) in [5, 5.41) is 9.40. The maximum Gasteiger partial charge on any atom is 0.277 e. The number of hydrogen-bond acceptors (Lipinski definition) is 4. The van der Waals surface area contributed by atoms with Gasteiger partial charge in [0.2, 0.25) is 0 Å². The van der Waals surface area contributed by atoms with Crippen molar-refractivity contribution in [1.82, 2.24) is 15.0 Å². The molecule has 0 bridgehead atoms. The summed E-state index contributed by atoms with van der Waals surface area (Å²) in [6, 6.07) is 1.33. The highest BCUT2D eigenvalue weighted by Gasteiger charge is 2.15. The van der Waals surface area contributed by atoms with E-state index in [1.165, 1.54) is 10.9 Å². The van der Waals surface area contributed by atoms with Crippen molar-refractivity contribution in [3.63, 3.8) is 0 Å². The third-order valence-electron chi connectivity index (χ3n) is 2.37. The second kappa shape index (κ2) is 5.70. The third-order valence-corrected chi connectivity index (χ3v) is 2.37. The molecule has 20 heavy (non-hydrogen) atoms. The summed E-state index contributed by atoms with van der Waals surface area (Å²) in [6.45, 7) is 0.693. The third kappa shape index (κ3) is 2.94. The van der Waals surface area contributed by atoms with Gasteiger partial charge in [-0.1, -0.05) is 5.21 Å². The molecule has 6 nitrogen and oxygen atoms in total. The van der Waals surface area contributed by atoms with E-state index in [9.17, 15) is 18.0 Å². The number of halogens is 3. The molecule has 0 aliphatic rings. The first-order valence-corrected chi connectivity index (χ1v) is 5.57. The Morgan fingerprint density at radius 2 is 1.95 bits per heavy atom. The number of nitrogens with two attached hydrogens (primary N) is 1. The van der Waals surface area contributed by atoms with Gasteiger partial charge in [-0.25, -0.2) is 13.2 Å². The molecule has 1 amide bonds. The Morgan fingerprint density at radius 1 is 1.30 bits per heavy atom. The molecule has 1 aromatic carbocycles. The fourth-order valence-electron chi connectivity index (χ4n) is 1.47. The quantitative estimate of drug-likeness (QED) is 0.817. The Bertz CT molecular complexity index is 620. The van der Waals surface area contributed by atoms with Crippen molar-refractivity contribution in [3.05, 3.63) is 41.5 Å². The van der Waals surface area contributed by atoms with Gasteiger partial charge in [-0.3, -0.25) is 9.48 Å². The van der Waals surface area contributed by atoms with E-state index in [4.69, 9.17) is 5.73 Å². The van der Waals surface area contributed by atoms with Gasteiger partial charge in [0, 0.05) is 24.4 Å². The molecule has 0 unspecified atom stereocenters. The van der Waals surface area contributed by atoms with Crippen molar-refractivity contribution in [2.24, 2.45) is 5.73 Å². The molecule has 0 saturated carbocycles. The predicted molar refractivity (Wildman–Crippen MR) is 63.3 cm³/mol. The smallest absolute Gasteiger partial charge is 0.277 e. The standard InChI is InChI=1S/C11H10F3N5O/c12-7-3-6(4-8(13)10(7)14)16-11(20)9-5-19(2-1-15)18-17-9/h3-5H,1-2,15H2,(H,16,20). The molecular weight excluding hydrogens is 275 g/mol. The van der Waals surface area contributed by atoms with Gasteiger partial charge in [-0.2, -0.15) is 0 Å². The predicted octanol–water partition coefficient (Wildman–Crippen LogP) is 0.906. The number of carbonyl (C=O) groups is 1. The summed E-state index contributed by atoms with van der Waals surface area (Å²) in [4.78, 5) is 11.7. The van der Waals surface area contributed by atoms with Crippen molar-refractivity contribution in [2.75, 3.05) is 11.9 Å². The van der Waals surface area contributed by atoms with Crippen LogP contribution in [0.25, 0.3) is 0 Å². The molecule has 0 spiro atoms. The van der Waals surface area contributed by atoms with E-state index in [1.54, 1.807) is 0 Å². The Kier molecular flexibility index (Phi) is 3.99. The summed E-state index contributed by atoms with van der Waals surface area (Å²) in [7, 11) is 0. The summed E-state index contributed by atoms with van der Waals surface area (Å²) in [5.74, 6) is -5.12. The summed E-state index contributed by atoms with van der Waals surface area (Å²) >= 11 is 0. The van der Waals surface area contributed by atoms with Crippen molar-refractivity contribution >= 4 is 11.6 Å². The van der Waals surface area contributed by atoms with Gasteiger partial charge in [0.1, 0.15) is 0 Å². The first kappa shape index (κ1) is 14.0. The largest absolute Gasteiger partial charge is 0.329 e. The normalized spacial score (nSPS) is 10.6. The van der Waals surface area contributed by atoms with Crippen LogP contribution in [0.3, 0.4) is 0 Å². The second-order valence-corrected chi connectivity index (χ2v) is 3.86. The van der Waals surface area contributed by atoms with Crippen LogP contribution in [0.15, 0.2) is 18.3 Å². The first-order chi connectivity index (χ1) is 9.51. The highest BCUT2D eigenvalue weighted by Crippen LogP contribution is 2.17. The van der Waals surface area contributed by atoms with Crippen molar-refractivity contribution < 1.29 is 18.0 Å². The minimum absolute atomic E-state index is 0.0522. The zero-order valence-corrected chi connectivity index (χ0v) is 10.1. The number of anilines is 1. The van der Waals surface area contributed by atoms with Crippen LogP contribution in [-0.4, -0.2) is 27.4 Å². The zero-order valence-electron chi connectivity index (χ0n) is 10.1. The van der Waals surface area contributed by atoms with E-state index < -0.39 is 23.4 Å². The first-order valence-electron chi connectivity index (χ1n) is 5.57. The highest BCUT2D eigenvalue weighted by molar-refractivity contribution is 6.02. The summed E-state index contributed by atoms with van der Waals surface area (Å²) < 4.78 is 40.1. The van der Waals surface area contributed by atoms with Crippen LogP contribution in [0.2, 0.25) is 0 Å². The SMILES string of the molecule is NCCn1cc(C(=O)Nc2cc(F)c(F)c(F)c2)nn1. The molecule has 0 aliphatic carbocycles. The monoisotopic (exact) mass is 285 g/mol. The van der Waals surface area contributed by atoms with Crippen molar-refractivity contribution in [1.29, 1.82) is 0 Å². The molecule has 2 rings (SSSR count).